The summed E-state index contributed by atoms with van der Waals surface area (Å²) >= 11 is 0. The monoisotopic (exact) mass is 291 g/mol. The number of aryl methyl sites for hydroxylation is 2. The van der Waals surface area contributed by atoms with E-state index < -0.39 is 11.0 Å². The molecule has 0 aliphatic carbocycles. The van der Waals surface area contributed by atoms with Crippen molar-refractivity contribution in [3.63, 3.8) is 0 Å². The van der Waals surface area contributed by atoms with Gasteiger partial charge in [-0.2, -0.15) is 5.10 Å². The minimum atomic E-state index is -0.927. The fraction of sp³-hybridized carbons (Fsp3) is 0.182. The topological polar surface area (TPSA) is 133 Å². The van der Waals surface area contributed by atoms with Crippen LogP contribution in [0.4, 0.5) is 0 Å². The summed E-state index contributed by atoms with van der Waals surface area (Å²) in [5.74, 6) is -0.426. The summed E-state index contributed by atoms with van der Waals surface area (Å²) in [4.78, 5) is 21.9. The maximum Gasteiger partial charge on any atom is 0.328 e. The zero-order chi connectivity index (χ0) is 15.6. The lowest BCUT2D eigenvalue weighted by Gasteiger charge is -1.98. The second kappa shape index (κ2) is 5.45. The Balaban J connectivity index is 2.26. The van der Waals surface area contributed by atoms with Gasteiger partial charge in [0.05, 0.1) is 17.2 Å². The lowest BCUT2D eigenvalue weighted by atomic mass is 10.2. The van der Waals surface area contributed by atoms with Crippen molar-refractivity contribution in [1.29, 1.82) is 0 Å². The van der Waals surface area contributed by atoms with E-state index in [1.54, 1.807) is 32.3 Å². The van der Waals surface area contributed by atoms with Crippen molar-refractivity contribution in [3.8, 4) is 0 Å². The molecule has 0 saturated heterocycles. The molecular formula is C11H13N7O3. The first-order chi connectivity index (χ1) is 9.90. The quantitative estimate of drug-likeness (QED) is 0.334. The smallest absolute Gasteiger partial charge is 0.328 e. The minimum absolute atomic E-state index is 0.125. The van der Waals surface area contributed by atoms with Crippen LogP contribution in [-0.4, -0.2) is 26.3 Å². The number of nitrogens with one attached hydrogen (secondary N) is 1. The van der Waals surface area contributed by atoms with Crippen LogP contribution in [0.15, 0.2) is 33.2 Å². The van der Waals surface area contributed by atoms with Crippen LogP contribution in [0.3, 0.4) is 0 Å². The molecule has 110 valence electrons. The fourth-order valence-corrected chi connectivity index (χ4v) is 1.89. The van der Waals surface area contributed by atoms with Gasteiger partial charge in [0.25, 0.3) is 5.96 Å². The summed E-state index contributed by atoms with van der Waals surface area (Å²) in [6.45, 7) is 0. The Bertz CT molecular complexity index is 815. The number of aromatic nitrogens is 2. The predicted molar refractivity (Wildman–Crippen MR) is 77.5 cm³/mol. The number of imidazole rings is 1. The molecule has 0 spiro atoms. The van der Waals surface area contributed by atoms with E-state index >= 15 is 0 Å². The number of rotatable bonds is 3. The van der Waals surface area contributed by atoms with Gasteiger partial charge in [-0.05, 0) is 17.7 Å². The Morgan fingerprint density at radius 2 is 2.05 bits per heavy atom. The molecule has 1 aromatic heterocycles. The van der Waals surface area contributed by atoms with E-state index in [1.807, 2.05) is 0 Å². The van der Waals surface area contributed by atoms with Gasteiger partial charge in [0.15, 0.2) is 5.03 Å². The molecule has 10 heteroatoms. The highest BCUT2D eigenvalue weighted by Crippen LogP contribution is 2.12. The Hall–Kier alpha value is -3.17. The zero-order valence-corrected chi connectivity index (χ0v) is 11.3. The molecule has 0 bridgehead atoms. The molecular weight excluding hydrogens is 278 g/mol. The molecule has 1 heterocycles. The normalized spacial score (nSPS) is 12.2. The van der Waals surface area contributed by atoms with Crippen molar-refractivity contribution in [2.45, 2.75) is 0 Å². The van der Waals surface area contributed by atoms with Gasteiger partial charge in [-0.1, -0.05) is 6.07 Å². The number of hydrogen-bond donors (Lipinski definition) is 2. The van der Waals surface area contributed by atoms with E-state index in [1.165, 1.54) is 15.3 Å². The molecule has 0 fully saturated rings. The Morgan fingerprint density at radius 3 is 2.71 bits per heavy atom. The summed E-state index contributed by atoms with van der Waals surface area (Å²) in [6.07, 6.45) is 1.42. The van der Waals surface area contributed by atoms with Crippen molar-refractivity contribution in [2.24, 2.45) is 30.0 Å². The number of guanidine groups is 1. The van der Waals surface area contributed by atoms with Crippen molar-refractivity contribution >= 4 is 23.2 Å². The van der Waals surface area contributed by atoms with Gasteiger partial charge in [0.2, 0.25) is 0 Å². The van der Waals surface area contributed by atoms with Gasteiger partial charge in [0.1, 0.15) is 5.10 Å². The molecule has 0 unspecified atom stereocenters. The van der Waals surface area contributed by atoms with Crippen LogP contribution in [0.2, 0.25) is 0 Å². The van der Waals surface area contributed by atoms with E-state index in [9.17, 15) is 14.9 Å². The SMILES string of the molecule is Cn1c(=O)n(C)c2cc(/C=N\N/C(N)=N/[N+](=O)[O-])ccc21. The number of benzene rings is 1. The molecule has 0 aliphatic rings. The Labute approximate surface area is 118 Å². The average molecular weight is 291 g/mol. The molecule has 10 nitrogen and oxygen atoms in total. The molecule has 0 aliphatic heterocycles. The third kappa shape index (κ3) is 2.88. The van der Waals surface area contributed by atoms with Gasteiger partial charge >= 0.3 is 5.69 Å². The first kappa shape index (κ1) is 14.2. The highest BCUT2D eigenvalue weighted by Gasteiger charge is 2.07. The van der Waals surface area contributed by atoms with Gasteiger partial charge in [-0.15, -0.1) is 0 Å². The molecule has 2 rings (SSSR count). The highest BCUT2D eigenvalue weighted by molar-refractivity contribution is 5.88. The van der Waals surface area contributed by atoms with E-state index in [2.05, 4.69) is 15.6 Å². The van der Waals surface area contributed by atoms with Gasteiger partial charge < -0.3 is 5.73 Å². The van der Waals surface area contributed by atoms with Crippen molar-refractivity contribution in [3.05, 3.63) is 44.4 Å². The van der Waals surface area contributed by atoms with Crippen molar-refractivity contribution in [2.75, 3.05) is 0 Å². The predicted octanol–water partition coefficient (Wildman–Crippen LogP) is -0.693. The Morgan fingerprint density at radius 1 is 1.38 bits per heavy atom. The third-order valence-corrected chi connectivity index (χ3v) is 2.88. The van der Waals surface area contributed by atoms with Crippen LogP contribution in [-0.2, 0) is 14.1 Å². The maximum absolute atomic E-state index is 11.8. The standard InChI is InChI=1S/C11H13N7O3/c1-16-8-4-3-7(5-9(8)17(2)11(16)19)6-13-14-10(12)15-18(20)21/h3-6H,1-2H3,(H3,12,14,15)/b13-6-. The first-order valence-corrected chi connectivity index (χ1v) is 5.83. The zero-order valence-electron chi connectivity index (χ0n) is 11.3. The minimum Gasteiger partial charge on any atom is -0.363 e. The van der Waals surface area contributed by atoms with E-state index in [0.29, 0.717) is 5.56 Å². The lowest BCUT2D eigenvalue weighted by Crippen LogP contribution is -2.28. The number of hydrazone groups is 2. The number of hydrogen-bond acceptors (Lipinski definition) is 4. The van der Waals surface area contributed by atoms with Gasteiger partial charge in [-0.25, -0.2) is 20.3 Å². The average Bonchev–Trinajstić information content (AvgIpc) is 2.63. The maximum atomic E-state index is 11.8. The highest BCUT2D eigenvalue weighted by atomic mass is 16.7. The molecule has 0 amide bonds. The van der Waals surface area contributed by atoms with E-state index in [4.69, 9.17) is 5.73 Å². The number of nitrogens with zero attached hydrogens (tertiary/aromatic N) is 5. The van der Waals surface area contributed by atoms with E-state index in [0.717, 1.165) is 11.0 Å². The van der Waals surface area contributed by atoms with Crippen LogP contribution in [0, 0.1) is 10.1 Å². The molecule has 0 saturated carbocycles. The molecule has 3 N–H and O–H groups in total. The van der Waals surface area contributed by atoms with E-state index in [-0.39, 0.29) is 5.69 Å². The van der Waals surface area contributed by atoms with Crippen molar-refractivity contribution < 1.29 is 5.03 Å². The number of fused-ring (bicyclic) bond motifs is 1. The summed E-state index contributed by atoms with van der Waals surface area (Å²) in [5, 5.41) is 15.7. The number of nitro groups is 1. The van der Waals surface area contributed by atoms with Gasteiger partial charge in [0, 0.05) is 14.1 Å². The molecule has 1 aromatic carbocycles. The summed E-state index contributed by atoms with van der Waals surface area (Å²) < 4.78 is 3.05. The summed E-state index contributed by atoms with van der Waals surface area (Å²) in [5.41, 5.74) is 9.55. The second-order valence-electron chi connectivity index (χ2n) is 4.24. The first-order valence-electron chi connectivity index (χ1n) is 5.83. The largest absolute Gasteiger partial charge is 0.363 e. The summed E-state index contributed by atoms with van der Waals surface area (Å²) in [7, 11) is 3.36. The summed E-state index contributed by atoms with van der Waals surface area (Å²) in [6, 6.07) is 5.31. The molecule has 21 heavy (non-hydrogen) atoms. The molecule has 0 atom stereocenters. The molecule has 2 aromatic rings. The molecule has 0 radical (unpaired) electrons. The second-order valence-corrected chi connectivity index (χ2v) is 4.24. The number of nitrogens with two attached hydrogens (primary N) is 1. The van der Waals surface area contributed by atoms with Crippen molar-refractivity contribution in [1.82, 2.24) is 14.6 Å². The van der Waals surface area contributed by atoms with Crippen LogP contribution in [0.1, 0.15) is 5.56 Å². The van der Waals surface area contributed by atoms with Crippen LogP contribution < -0.4 is 16.8 Å². The van der Waals surface area contributed by atoms with Crippen LogP contribution in [0.25, 0.3) is 11.0 Å². The third-order valence-electron chi connectivity index (χ3n) is 2.88. The Kier molecular flexibility index (Phi) is 3.69. The van der Waals surface area contributed by atoms with Crippen LogP contribution >= 0.6 is 0 Å². The lowest BCUT2D eigenvalue weighted by molar-refractivity contribution is -0.485. The van der Waals surface area contributed by atoms with Crippen LogP contribution in [0.5, 0.6) is 0 Å². The fourth-order valence-electron chi connectivity index (χ4n) is 1.89. The van der Waals surface area contributed by atoms with Gasteiger partial charge in [-0.3, -0.25) is 9.13 Å².